The predicted octanol–water partition coefficient (Wildman–Crippen LogP) is 1.96. The lowest BCUT2D eigenvalue weighted by Crippen LogP contribution is -2.36. The molecule has 2 aromatic rings. The largest absolute Gasteiger partial charge is 0.480 e. The minimum absolute atomic E-state index is 0.158. The van der Waals surface area contributed by atoms with Crippen LogP contribution in [0.2, 0.25) is 0 Å². The van der Waals surface area contributed by atoms with Crippen LogP contribution >= 0.6 is 0 Å². The summed E-state index contributed by atoms with van der Waals surface area (Å²) in [4.78, 5) is 24.5. The van der Waals surface area contributed by atoms with Crippen molar-refractivity contribution in [2.75, 3.05) is 13.1 Å². The molecule has 1 amide bonds. The standard InChI is InChI=1S/C17H21N3O3/c1-4-19(11-17(22)23)16(21)10-15-12(2)18-20(13(15)3)14-8-6-5-7-9-14/h5-9H,4,10-11H2,1-3H3,(H,22,23). The second-order valence-corrected chi connectivity index (χ2v) is 5.38. The van der Waals surface area contributed by atoms with E-state index in [0.717, 1.165) is 22.6 Å². The average molecular weight is 315 g/mol. The molecule has 0 aliphatic rings. The first kappa shape index (κ1) is 16.7. The van der Waals surface area contributed by atoms with E-state index in [4.69, 9.17) is 5.11 Å². The van der Waals surface area contributed by atoms with Crippen LogP contribution in [0, 0.1) is 13.8 Å². The number of aliphatic carboxylic acids is 1. The van der Waals surface area contributed by atoms with Gasteiger partial charge in [0.2, 0.25) is 5.91 Å². The number of hydrogen-bond donors (Lipinski definition) is 1. The molecule has 0 atom stereocenters. The third kappa shape index (κ3) is 3.77. The van der Waals surface area contributed by atoms with Crippen molar-refractivity contribution < 1.29 is 14.7 Å². The smallest absolute Gasteiger partial charge is 0.323 e. The van der Waals surface area contributed by atoms with E-state index in [1.165, 1.54) is 4.90 Å². The summed E-state index contributed by atoms with van der Waals surface area (Å²) in [6.45, 7) is 5.65. The molecule has 1 N–H and O–H groups in total. The lowest BCUT2D eigenvalue weighted by atomic mass is 10.1. The zero-order valence-electron chi connectivity index (χ0n) is 13.6. The first-order valence-corrected chi connectivity index (χ1v) is 7.54. The average Bonchev–Trinajstić information content (AvgIpc) is 2.81. The molecule has 0 aliphatic heterocycles. The fourth-order valence-electron chi connectivity index (χ4n) is 2.55. The van der Waals surface area contributed by atoms with Crippen LogP contribution < -0.4 is 0 Å². The van der Waals surface area contributed by atoms with Crippen LogP contribution in [0.3, 0.4) is 0 Å². The summed E-state index contributed by atoms with van der Waals surface area (Å²) in [5.74, 6) is -1.21. The maximum Gasteiger partial charge on any atom is 0.323 e. The van der Waals surface area contributed by atoms with Gasteiger partial charge in [0.1, 0.15) is 6.54 Å². The van der Waals surface area contributed by atoms with E-state index in [1.807, 2.05) is 48.9 Å². The third-order valence-corrected chi connectivity index (χ3v) is 3.83. The van der Waals surface area contributed by atoms with Crippen molar-refractivity contribution in [3.63, 3.8) is 0 Å². The van der Waals surface area contributed by atoms with Crippen molar-refractivity contribution in [1.82, 2.24) is 14.7 Å². The molecule has 1 aromatic carbocycles. The summed E-state index contributed by atoms with van der Waals surface area (Å²) < 4.78 is 1.81. The Bertz CT molecular complexity index is 707. The van der Waals surface area contributed by atoms with Crippen molar-refractivity contribution in [3.8, 4) is 5.69 Å². The Balaban J connectivity index is 2.26. The highest BCUT2D eigenvalue weighted by Crippen LogP contribution is 2.19. The van der Waals surface area contributed by atoms with Gasteiger partial charge in [0.15, 0.2) is 0 Å². The number of carboxylic acid groups (broad SMARTS) is 1. The van der Waals surface area contributed by atoms with Gasteiger partial charge in [0, 0.05) is 17.8 Å². The molecule has 2 rings (SSSR count). The van der Waals surface area contributed by atoms with Crippen molar-refractivity contribution >= 4 is 11.9 Å². The van der Waals surface area contributed by atoms with Gasteiger partial charge in [-0.1, -0.05) is 18.2 Å². The van der Waals surface area contributed by atoms with E-state index in [9.17, 15) is 9.59 Å². The quantitative estimate of drug-likeness (QED) is 0.884. The molecular formula is C17H21N3O3. The minimum atomic E-state index is -1.01. The van der Waals surface area contributed by atoms with Gasteiger partial charge in [-0.15, -0.1) is 0 Å². The van der Waals surface area contributed by atoms with Crippen LogP contribution in [0.1, 0.15) is 23.9 Å². The number of carbonyl (C=O) groups excluding carboxylic acids is 1. The van der Waals surface area contributed by atoms with Gasteiger partial charge in [-0.25, -0.2) is 4.68 Å². The van der Waals surface area contributed by atoms with Crippen LogP contribution in [0.15, 0.2) is 30.3 Å². The topological polar surface area (TPSA) is 75.4 Å². The van der Waals surface area contributed by atoms with Gasteiger partial charge >= 0.3 is 5.97 Å². The van der Waals surface area contributed by atoms with E-state index in [-0.39, 0.29) is 18.9 Å². The Labute approximate surface area is 135 Å². The number of amides is 1. The second-order valence-electron chi connectivity index (χ2n) is 5.38. The highest BCUT2D eigenvalue weighted by molar-refractivity contribution is 5.83. The maximum atomic E-state index is 12.4. The fourth-order valence-corrected chi connectivity index (χ4v) is 2.55. The van der Waals surface area contributed by atoms with E-state index in [2.05, 4.69) is 5.10 Å². The van der Waals surface area contributed by atoms with Crippen molar-refractivity contribution in [2.45, 2.75) is 27.2 Å². The van der Waals surface area contributed by atoms with Gasteiger partial charge in [0.25, 0.3) is 0 Å². The number of carbonyl (C=O) groups is 2. The van der Waals surface area contributed by atoms with Crippen molar-refractivity contribution in [3.05, 3.63) is 47.3 Å². The number of carboxylic acids is 1. The molecule has 0 radical (unpaired) electrons. The number of rotatable bonds is 6. The Morgan fingerprint density at radius 3 is 2.43 bits per heavy atom. The molecule has 0 aliphatic carbocycles. The predicted molar refractivity (Wildman–Crippen MR) is 86.6 cm³/mol. The fraction of sp³-hybridized carbons (Fsp3) is 0.353. The molecule has 122 valence electrons. The molecule has 1 heterocycles. The lowest BCUT2D eigenvalue weighted by Gasteiger charge is -2.18. The van der Waals surface area contributed by atoms with E-state index >= 15 is 0 Å². The molecule has 0 bridgehead atoms. The molecule has 23 heavy (non-hydrogen) atoms. The van der Waals surface area contributed by atoms with Crippen LogP contribution in [0.5, 0.6) is 0 Å². The first-order chi connectivity index (χ1) is 10.9. The summed E-state index contributed by atoms with van der Waals surface area (Å²) in [5, 5.41) is 13.4. The summed E-state index contributed by atoms with van der Waals surface area (Å²) in [5.41, 5.74) is 3.46. The zero-order valence-corrected chi connectivity index (χ0v) is 13.6. The Hall–Kier alpha value is -2.63. The highest BCUT2D eigenvalue weighted by atomic mass is 16.4. The van der Waals surface area contributed by atoms with Gasteiger partial charge in [-0.3, -0.25) is 9.59 Å². The maximum absolute atomic E-state index is 12.4. The summed E-state index contributed by atoms with van der Waals surface area (Å²) in [6, 6.07) is 9.71. The van der Waals surface area contributed by atoms with Crippen molar-refractivity contribution in [1.29, 1.82) is 0 Å². The number of para-hydroxylation sites is 1. The van der Waals surface area contributed by atoms with E-state index < -0.39 is 5.97 Å². The van der Waals surface area contributed by atoms with Crippen LogP contribution in [0.4, 0.5) is 0 Å². The molecule has 6 heteroatoms. The van der Waals surface area contributed by atoms with Crippen LogP contribution in [0.25, 0.3) is 5.69 Å². The molecule has 0 saturated heterocycles. The Morgan fingerprint density at radius 1 is 1.22 bits per heavy atom. The summed E-state index contributed by atoms with van der Waals surface area (Å²) in [6.07, 6.45) is 0.158. The number of aryl methyl sites for hydroxylation is 1. The van der Waals surface area contributed by atoms with Gasteiger partial charge in [-0.05, 0) is 32.9 Å². The number of aromatic nitrogens is 2. The Kier molecular flexibility index (Phi) is 5.16. The van der Waals surface area contributed by atoms with Crippen LogP contribution in [-0.2, 0) is 16.0 Å². The monoisotopic (exact) mass is 315 g/mol. The number of benzene rings is 1. The lowest BCUT2D eigenvalue weighted by molar-refractivity contribution is -0.144. The van der Waals surface area contributed by atoms with Gasteiger partial charge in [-0.2, -0.15) is 5.10 Å². The SMILES string of the molecule is CCN(CC(=O)O)C(=O)Cc1c(C)nn(-c2ccccc2)c1C. The highest BCUT2D eigenvalue weighted by Gasteiger charge is 2.20. The van der Waals surface area contributed by atoms with Crippen LogP contribution in [-0.4, -0.2) is 44.8 Å². The Morgan fingerprint density at radius 2 is 1.87 bits per heavy atom. The van der Waals surface area contributed by atoms with Crippen molar-refractivity contribution in [2.24, 2.45) is 0 Å². The zero-order chi connectivity index (χ0) is 17.0. The number of hydrogen-bond acceptors (Lipinski definition) is 3. The third-order valence-electron chi connectivity index (χ3n) is 3.83. The minimum Gasteiger partial charge on any atom is -0.480 e. The first-order valence-electron chi connectivity index (χ1n) is 7.54. The second kappa shape index (κ2) is 7.09. The molecule has 0 fully saturated rings. The van der Waals surface area contributed by atoms with E-state index in [1.54, 1.807) is 6.92 Å². The molecular weight excluding hydrogens is 294 g/mol. The number of likely N-dealkylation sites (N-methyl/N-ethyl adjacent to an activating group) is 1. The normalized spacial score (nSPS) is 10.6. The summed E-state index contributed by atoms with van der Waals surface area (Å²) in [7, 11) is 0. The number of nitrogens with zero attached hydrogens (tertiary/aromatic N) is 3. The van der Waals surface area contributed by atoms with E-state index in [0.29, 0.717) is 6.54 Å². The molecule has 6 nitrogen and oxygen atoms in total. The van der Waals surface area contributed by atoms with Gasteiger partial charge < -0.3 is 10.0 Å². The molecule has 0 spiro atoms. The molecule has 1 aromatic heterocycles. The molecule has 0 unspecified atom stereocenters. The summed E-state index contributed by atoms with van der Waals surface area (Å²) >= 11 is 0. The molecule has 0 saturated carbocycles. The van der Waals surface area contributed by atoms with Gasteiger partial charge in [0.05, 0.1) is 17.8 Å².